The van der Waals surface area contributed by atoms with E-state index in [0.717, 1.165) is 19.5 Å². The summed E-state index contributed by atoms with van der Waals surface area (Å²) in [4.78, 5) is 11.7. The van der Waals surface area contributed by atoms with E-state index in [2.05, 4.69) is 45.3 Å². The van der Waals surface area contributed by atoms with E-state index in [4.69, 9.17) is 0 Å². The normalized spacial score (nSPS) is 12.6. The Hall–Kier alpha value is -0.570. The Bertz CT molecular complexity index is 216. The summed E-state index contributed by atoms with van der Waals surface area (Å²) in [6.07, 6.45) is 1.54. The molecule has 16 heavy (non-hydrogen) atoms. The number of hydrogen-bond donors (Lipinski definition) is 2. The fourth-order valence-corrected chi connectivity index (χ4v) is 2.19. The maximum atomic E-state index is 11.7. The third-order valence-electron chi connectivity index (χ3n) is 2.23. The molecule has 0 rings (SSSR count). The summed E-state index contributed by atoms with van der Waals surface area (Å²) >= 11 is 0. The first-order valence-corrected chi connectivity index (χ1v) is 6.18. The molecule has 0 saturated carbocycles. The van der Waals surface area contributed by atoms with Crippen LogP contribution in [0, 0.1) is 5.41 Å². The number of carbonyl (C=O) groups excluding carboxylic acids is 1. The van der Waals surface area contributed by atoms with Crippen LogP contribution < -0.4 is 10.6 Å². The molecule has 0 aromatic rings. The summed E-state index contributed by atoms with van der Waals surface area (Å²) < 4.78 is 0. The molecule has 0 aliphatic heterocycles. The first-order valence-electron chi connectivity index (χ1n) is 6.18. The van der Waals surface area contributed by atoms with Gasteiger partial charge in [0.2, 0.25) is 5.91 Å². The fraction of sp³-hybridized carbons (Fsp3) is 0.923. The minimum absolute atomic E-state index is 0.123. The topological polar surface area (TPSA) is 41.1 Å². The van der Waals surface area contributed by atoms with E-state index in [-0.39, 0.29) is 16.9 Å². The van der Waals surface area contributed by atoms with Crippen molar-refractivity contribution < 1.29 is 4.79 Å². The van der Waals surface area contributed by atoms with E-state index < -0.39 is 0 Å². The van der Waals surface area contributed by atoms with Crippen molar-refractivity contribution in [1.29, 1.82) is 0 Å². The van der Waals surface area contributed by atoms with E-state index in [1.807, 2.05) is 6.92 Å². The molecule has 1 amide bonds. The largest absolute Gasteiger partial charge is 0.351 e. The molecule has 0 aromatic carbocycles. The number of amides is 1. The average Bonchev–Trinajstić information content (AvgIpc) is 1.98. The molecule has 0 spiro atoms. The average molecular weight is 228 g/mol. The fourth-order valence-electron chi connectivity index (χ4n) is 2.19. The monoisotopic (exact) mass is 228 g/mol. The van der Waals surface area contributed by atoms with Crippen LogP contribution >= 0.6 is 0 Å². The number of carbonyl (C=O) groups is 1. The predicted molar refractivity (Wildman–Crippen MR) is 69.5 cm³/mol. The molecule has 0 bridgehead atoms. The van der Waals surface area contributed by atoms with Crippen LogP contribution in [0.2, 0.25) is 0 Å². The van der Waals surface area contributed by atoms with Crippen LogP contribution in [0.15, 0.2) is 0 Å². The molecule has 0 aliphatic carbocycles. The molecule has 0 unspecified atom stereocenters. The summed E-state index contributed by atoms with van der Waals surface area (Å²) in [6.45, 7) is 14.5. The zero-order valence-electron chi connectivity index (χ0n) is 11.7. The Kier molecular flexibility index (Phi) is 6.01. The van der Waals surface area contributed by atoms with E-state index in [0.29, 0.717) is 6.42 Å². The van der Waals surface area contributed by atoms with Gasteiger partial charge in [0, 0.05) is 18.5 Å². The van der Waals surface area contributed by atoms with Gasteiger partial charge in [-0.05, 0) is 32.2 Å². The molecule has 3 heteroatoms. The van der Waals surface area contributed by atoms with Crippen LogP contribution in [0.25, 0.3) is 0 Å². The van der Waals surface area contributed by atoms with Crippen molar-refractivity contribution in [3.05, 3.63) is 0 Å². The Balaban J connectivity index is 4.00. The molecule has 0 aliphatic rings. The van der Waals surface area contributed by atoms with Gasteiger partial charge in [0.1, 0.15) is 0 Å². The van der Waals surface area contributed by atoms with Crippen molar-refractivity contribution in [3.8, 4) is 0 Å². The number of nitrogens with one attached hydrogen (secondary N) is 2. The molecule has 0 fully saturated rings. The smallest absolute Gasteiger partial charge is 0.221 e. The second-order valence-electron chi connectivity index (χ2n) is 6.27. The van der Waals surface area contributed by atoms with E-state index in [1.54, 1.807) is 0 Å². The predicted octanol–water partition coefficient (Wildman–Crippen LogP) is 2.32. The number of hydrogen-bond acceptors (Lipinski definition) is 2. The molecule has 0 atom stereocenters. The highest BCUT2D eigenvalue weighted by Gasteiger charge is 2.26. The highest BCUT2D eigenvalue weighted by Crippen LogP contribution is 2.26. The van der Waals surface area contributed by atoms with Crippen LogP contribution in [0.3, 0.4) is 0 Å². The first-order chi connectivity index (χ1) is 7.16. The van der Waals surface area contributed by atoms with Crippen LogP contribution in [0.1, 0.15) is 54.4 Å². The lowest BCUT2D eigenvalue weighted by Gasteiger charge is -2.33. The second kappa shape index (κ2) is 6.24. The van der Waals surface area contributed by atoms with Gasteiger partial charge >= 0.3 is 0 Å². The van der Waals surface area contributed by atoms with E-state index >= 15 is 0 Å². The summed E-state index contributed by atoms with van der Waals surface area (Å²) in [5.41, 5.74) is 0.111. The van der Waals surface area contributed by atoms with Crippen molar-refractivity contribution in [1.82, 2.24) is 10.6 Å². The molecule has 2 N–H and O–H groups in total. The van der Waals surface area contributed by atoms with E-state index in [1.165, 1.54) is 0 Å². The Labute approximate surface area is 100 Å². The highest BCUT2D eigenvalue weighted by molar-refractivity contribution is 5.76. The quantitative estimate of drug-likeness (QED) is 0.685. The van der Waals surface area contributed by atoms with Crippen LogP contribution in [0.4, 0.5) is 0 Å². The standard InChI is InChI=1S/C13H28N2O/c1-7-14-9-8-11(16)15-13(5,6)10-12(2,3)4/h14H,7-10H2,1-6H3,(H,15,16). The summed E-state index contributed by atoms with van der Waals surface area (Å²) in [7, 11) is 0. The second-order valence-corrected chi connectivity index (χ2v) is 6.27. The molecular weight excluding hydrogens is 200 g/mol. The van der Waals surface area contributed by atoms with Gasteiger partial charge in [-0.25, -0.2) is 0 Å². The van der Waals surface area contributed by atoms with Gasteiger partial charge in [0.25, 0.3) is 0 Å². The zero-order chi connectivity index (χ0) is 12.8. The lowest BCUT2D eigenvalue weighted by molar-refractivity contribution is -0.122. The summed E-state index contributed by atoms with van der Waals surface area (Å²) in [5.74, 6) is 0.134. The summed E-state index contributed by atoms with van der Waals surface area (Å²) in [6, 6.07) is 0. The zero-order valence-corrected chi connectivity index (χ0v) is 11.7. The third-order valence-corrected chi connectivity index (χ3v) is 2.23. The lowest BCUT2D eigenvalue weighted by atomic mass is 9.82. The minimum atomic E-state index is -0.123. The third kappa shape index (κ3) is 8.72. The van der Waals surface area contributed by atoms with Crippen molar-refractivity contribution in [2.24, 2.45) is 5.41 Å². The van der Waals surface area contributed by atoms with Crippen LogP contribution in [0.5, 0.6) is 0 Å². The molecule has 96 valence electrons. The maximum absolute atomic E-state index is 11.7. The van der Waals surface area contributed by atoms with Gasteiger partial charge in [-0.2, -0.15) is 0 Å². The summed E-state index contributed by atoms with van der Waals surface area (Å²) in [5, 5.41) is 6.25. The van der Waals surface area contributed by atoms with Crippen molar-refractivity contribution in [2.45, 2.75) is 59.9 Å². The lowest BCUT2D eigenvalue weighted by Crippen LogP contribution is -2.46. The molecule has 3 nitrogen and oxygen atoms in total. The molecule has 0 heterocycles. The maximum Gasteiger partial charge on any atom is 0.221 e. The van der Waals surface area contributed by atoms with Gasteiger partial charge < -0.3 is 10.6 Å². The Morgan fingerprint density at radius 1 is 1.12 bits per heavy atom. The molecule has 0 saturated heterocycles. The minimum Gasteiger partial charge on any atom is -0.351 e. The molecular formula is C13H28N2O. The van der Waals surface area contributed by atoms with Crippen molar-refractivity contribution in [3.63, 3.8) is 0 Å². The number of rotatable bonds is 6. The Morgan fingerprint density at radius 3 is 2.12 bits per heavy atom. The van der Waals surface area contributed by atoms with Crippen molar-refractivity contribution in [2.75, 3.05) is 13.1 Å². The van der Waals surface area contributed by atoms with Gasteiger partial charge in [-0.1, -0.05) is 27.7 Å². The van der Waals surface area contributed by atoms with Crippen LogP contribution in [-0.4, -0.2) is 24.5 Å². The first kappa shape index (κ1) is 15.4. The van der Waals surface area contributed by atoms with Gasteiger partial charge in [0.05, 0.1) is 0 Å². The molecule has 0 radical (unpaired) electrons. The van der Waals surface area contributed by atoms with E-state index in [9.17, 15) is 4.79 Å². The van der Waals surface area contributed by atoms with Gasteiger partial charge in [-0.15, -0.1) is 0 Å². The van der Waals surface area contributed by atoms with Crippen LogP contribution in [-0.2, 0) is 4.79 Å². The SMILES string of the molecule is CCNCCC(=O)NC(C)(C)CC(C)(C)C. The van der Waals surface area contributed by atoms with Gasteiger partial charge in [0.15, 0.2) is 0 Å². The highest BCUT2D eigenvalue weighted by atomic mass is 16.1. The Morgan fingerprint density at radius 2 is 1.69 bits per heavy atom. The van der Waals surface area contributed by atoms with Crippen molar-refractivity contribution >= 4 is 5.91 Å². The van der Waals surface area contributed by atoms with Gasteiger partial charge in [-0.3, -0.25) is 4.79 Å². The molecule has 0 aromatic heterocycles.